The lowest BCUT2D eigenvalue weighted by molar-refractivity contribution is -0.244. The first-order chi connectivity index (χ1) is 33.5. The van der Waals surface area contributed by atoms with Crippen molar-refractivity contribution in [2.75, 3.05) is 51.3 Å². The minimum atomic E-state index is -4.97. The van der Waals surface area contributed by atoms with E-state index in [1.807, 2.05) is 18.6 Å². The fourth-order valence-electron chi connectivity index (χ4n) is 8.26. The first-order valence-electron chi connectivity index (χ1n) is 23.6. The van der Waals surface area contributed by atoms with Gasteiger partial charge in [-0.3, -0.25) is 19.3 Å². The summed E-state index contributed by atoms with van der Waals surface area (Å²) < 4.78 is 103. The highest BCUT2D eigenvalue weighted by molar-refractivity contribution is 7.85. The third kappa shape index (κ3) is 12.5. The molecule has 396 valence electrons. The standard InChI is InChI=1S/C47H62ClF3N8O12S/c1-10-27-23-46(27,40(62)57-72(64,65)71-45(9)13-14-45)56-38(60)32-21-28(24-59(32)39(61)37(43(4,5)6)55-42(63)70-44(7,8)47(49,50)51)69-34-22-30(31-25-68-41(54-31)52-26(2)3)53-36-29(34)11-12-33(35(36)48)67-20-17-58-15-18-66-19-16-58/h10-12,22,25-28,32,37H,1,13-21,23-24H2,2-9H3,(H,52,54)(H,55,63)(H,56,60)(H,57,62)/t27-,28-,32+,37-,46-/m1/s1. The zero-order valence-corrected chi connectivity index (χ0v) is 42.9. The van der Waals surface area contributed by atoms with Gasteiger partial charge in [0.15, 0.2) is 0 Å². The maximum absolute atomic E-state index is 14.9. The minimum Gasteiger partial charge on any atom is -0.491 e. The number of rotatable bonds is 19. The van der Waals surface area contributed by atoms with Gasteiger partial charge in [-0.05, 0) is 71.4 Å². The number of alkyl carbamates (subject to hydrolysis) is 1. The molecule has 2 saturated heterocycles. The fourth-order valence-corrected chi connectivity index (χ4v) is 9.66. The smallest absolute Gasteiger partial charge is 0.427 e. The molecule has 0 unspecified atom stereocenters. The van der Waals surface area contributed by atoms with Crippen molar-refractivity contribution in [1.29, 1.82) is 0 Å². The quantitative estimate of drug-likeness (QED) is 0.102. The number of ether oxygens (including phenoxy) is 4. The molecule has 2 aliphatic heterocycles. The molecule has 4 fully saturated rings. The van der Waals surface area contributed by atoms with Crippen molar-refractivity contribution < 1.29 is 68.3 Å². The zero-order chi connectivity index (χ0) is 52.8. The minimum absolute atomic E-state index is 0.0278. The summed E-state index contributed by atoms with van der Waals surface area (Å²) in [4.78, 5) is 69.3. The van der Waals surface area contributed by atoms with Gasteiger partial charge in [0.25, 0.3) is 11.9 Å². The summed E-state index contributed by atoms with van der Waals surface area (Å²) in [5, 5.41) is 8.60. The van der Waals surface area contributed by atoms with Crippen LogP contribution in [0.15, 0.2) is 41.5 Å². The normalized spacial score (nSPS) is 22.7. The molecule has 7 rings (SSSR count). The number of nitrogens with one attached hydrogen (secondary N) is 4. The Labute approximate surface area is 420 Å². The van der Waals surface area contributed by atoms with E-state index in [-0.39, 0.29) is 53.4 Å². The molecule has 0 spiro atoms. The largest absolute Gasteiger partial charge is 0.491 e. The van der Waals surface area contributed by atoms with Gasteiger partial charge < -0.3 is 44.2 Å². The highest BCUT2D eigenvalue weighted by Crippen LogP contribution is 2.46. The maximum Gasteiger partial charge on any atom is 0.427 e. The molecule has 0 bridgehead atoms. The fraction of sp³-hybridized carbons (Fsp3) is 0.617. The van der Waals surface area contributed by atoms with Gasteiger partial charge in [0.1, 0.15) is 58.8 Å². The molecule has 0 radical (unpaired) electrons. The van der Waals surface area contributed by atoms with E-state index in [1.54, 1.807) is 45.9 Å². The Bertz CT molecular complexity index is 2670. The Kier molecular flexibility index (Phi) is 15.4. The van der Waals surface area contributed by atoms with Crippen LogP contribution < -0.4 is 30.1 Å². The number of oxazole rings is 1. The van der Waals surface area contributed by atoms with Gasteiger partial charge >= 0.3 is 22.6 Å². The number of anilines is 1. The number of amides is 4. The molecule has 72 heavy (non-hydrogen) atoms. The number of benzene rings is 1. The molecule has 1 aromatic carbocycles. The maximum atomic E-state index is 14.9. The lowest BCUT2D eigenvalue weighted by Crippen LogP contribution is -2.60. The summed E-state index contributed by atoms with van der Waals surface area (Å²) in [5.74, 6) is -3.15. The van der Waals surface area contributed by atoms with Crippen LogP contribution in [0.3, 0.4) is 0 Å². The monoisotopic (exact) mass is 1050 g/mol. The van der Waals surface area contributed by atoms with Crippen molar-refractivity contribution in [3.63, 3.8) is 0 Å². The van der Waals surface area contributed by atoms with Crippen molar-refractivity contribution in [3.8, 4) is 22.9 Å². The van der Waals surface area contributed by atoms with E-state index in [4.69, 9.17) is 44.1 Å². The third-order valence-corrected chi connectivity index (χ3v) is 14.3. The van der Waals surface area contributed by atoms with E-state index in [0.29, 0.717) is 69.9 Å². The Hall–Kier alpha value is -5.43. The van der Waals surface area contributed by atoms with E-state index in [2.05, 4.69) is 32.4 Å². The number of pyridine rings is 1. The van der Waals surface area contributed by atoms with Gasteiger partial charge in [-0.15, -0.1) is 6.58 Å². The average Bonchev–Trinajstić information content (AvgIpc) is 4.05. The molecule has 2 saturated carbocycles. The predicted molar refractivity (Wildman–Crippen MR) is 256 cm³/mol. The molecule has 3 aromatic rings. The topological polar surface area (TPSA) is 242 Å². The number of alkyl halides is 3. The van der Waals surface area contributed by atoms with Gasteiger partial charge in [0, 0.05) is 49.5 Å². The number of hydrogen-bond donors (Lipinski definition) is 4. The third-order valence-electron chi connectivity index (χ3n) is 12.9. The van der Waals surface area contributed by atoms with Crippen LogP contribution in [0.4, 0.5) is 24.0 Å². The first kappa shape index (κ1) is 54.3. The van der Waals surface area contributed by atoms with Gasteiger partial charge in [0.2, 0.25) is 17.4 Å². The van der Waals surface area contributed by atoms with Gasteiger partial charge in [-0.2, -0.15) is 26.6 Å². The SMILES string of the molecule is C=C[C@@H]1C[C@]1(NC(=O)[C@@H]1C[C@@H](Oc2cc(-c3coc(NC(C)C)n3)nc3c(Cl)c(OCCN4CCOCC4)ccc23)CN1C(=O)[C@@H](NC(=O)OC(C)(C)C(F)(F)F)C(C)(C)C)C(=O)NS(=O)(=O)OC1(C)CC1. The van der Waals surface area contributed by atoms with Crippen molar-refractivity contribution in [3.05, 3.63) is 42.1 Å². The first-order valence-corrected chi connectivity index (χ1v) is 25.4. The van der Waals surface area contributed by atoms with Crippen LogP contribution >= 0.6 is 11.6 Å². The average molecular weight is 1060 g/mol. The zero-order valence-electron chi connectivity index (χ0n) is 41.4. The molecule has 4 heterocycles. The van der Waals surface area contributed by atoms with E-state index in [0.717, 1.165) is 18.0 Å². The van der Waals surface area contributed by atoms with Crippen LogP contribution in [0.1, 0.15) is 81.1 Å². The number of aromatic nitrogens is 2. The van der Waals surface area contributed by atoms with E-state index in [9.17, 15) is 40.8 Å². The Morgan fingerprint density at radius 1 is 1.04 bits per heavy atom. The molecule has 5 atom stereocenters. The highest BCUT2D eigenvalue weighted by Gasteiger charge is 2.62. The van der Waals surface area contributed by atoms with E-state index < -0.39 is 86.6 Å². The lowest BCUT2D eigenvalue weighted by atomic mass is 9.85. The second-order valence-electron chi connectivity index (χ2n) is 20.7. The van der Waals surface area contributed by atoms with Crippen LogP contribution in [0, 0.1) is 11.3 Å². The number of fused-ring (bicyclic) bond motifs is 1. The predicted octanol–water partition coefficient (Wildman–Crippen LogP) is 5.90. The van der Waals surface area contributed by atoms with Crippen molar-refractivity contribution in [2.24, 2.45) is 11.3 Å². The molecule has 4 N–H and O–H groups in total. The Morgan fingerprint density at radius 3 is 2.35 bits per heavy atom. The summed E-state index contributed by atoms with van der Waals surface area (Å²) in [5.41, 5.74) is -6.16. The van der Waals surface area contributed by atoms with Gasteiger partial charge in [0.05, 0.1) is 36.6 Å². The summed E-state index contributed by atoms with van der Waals surface area (Å²) in [6.45, 7) is 18.4. The van der Waals surface area contributed by atoms with E-state index in [1.165, 1.54) is 12.3 Å². The second-order valence-corrected chi connectivity index (χ2v) is 22.3. The van der Waals surface area contributed by atoms with Gasteiger partial charge in [-0.25, -0.2) is 18.7 Å². The second kappa shape index (κ2) is 20.5. The molecule has 25 heteroatoms. The molecule has 2 aromatic heterocycles. The molecular formula is C47H62ClF3N8O12S. The summed E-state index contributed by atoms with van der Waals surface area (Å²) in [7, 11) is -4.63. The lowest BCUT2D eigenvalue weighted by Gasteiger charge is -2.36. The number of carbonyl (C=O) groups is 4. The van der Waals surface area contributed by atoms with Crippen molar-refractivity contribution in [2.45, 2.75) is 128 Å². The summed E-state index contributed by atoms with van der Waals surface area (Å²) in [6, 6.07) is 2.04. The number of likely N-dealkylation sites (tertiary alicyclic amines) is 1. The molecule has 4 amide bonds. The van der Waals surface area contributed by atoms with Gasteiger partial charge in [-0.1, -0.05) is 38.4 Å². The molecule has 2 aliphatic carbocycles. The number of carbonyl (C=O) groups excluding carboxylic acids is 4. The van der Waals surface area contributed by atoms with Crippen LogP contribution in [-0.4, -0.2) is 145 Å². The number of halogens is 4. The van der Waals surface area contributed by atoms with E-state index >= 15 is 0 Å². The molecule has 4 aliphatic rings. The molecular weight excluding hydrogens is 993 g/mol. The Morgan fingerprint density at radius 2 is 1.74 bits per heavy atom. The summed E-state index contributed by atoms with van der Waals surface area (Å²) >= 11 is 7.06. The number of hydrogen-bond acceptors (Lipinski definition) is 16. The molecule has 20 nitrogen and oxygen atoms in total. The Balaban J connectivity index is 1.23. The van der Waals surface area contributed by atoms with Crippen LogP contribution in [0.2, 0.25) is 5.02 Å². The summed E-state index contributed by atoms with van der Waals surface area (Å²) in [6.07, 6.45) is -4.21. The van der Waals surface area contributed by atoms with Crippen LogP contribution in [-0.2, 0) is 38.3 Å². The van der Waals surface area contributed by atoms with Crippen molar-refractivity contribution >= 4 is 62.6 Å². The number of nitrogens with zero attached hydrogens (tertiary/aromatic N) is 4. The van der Waals surface area contributed by atoms with Crippen molar-refractivity contribution in [1.82, 2.24) is 35.1 Å². The van der Waals surface area contributed by atoms with Crippen LogP contribution in [0.5, 0.6) is 11.5 Å². The highest BCUT2D eigenvalue weighted by atomic mass is 35.5. The number of morpholine rings is 1. The van der Waals surface area contributed by atoms with Crippen LogP contribution in [0.25, 0.3) is 22.3 Å².